The first-order valence-corrected chi connectivity index (χ1v) is 12.7. The van der Waals surface area contributed by atoms with Gasteiger partial charge >= 0.3 is 13.5 Å². The number of aryl methyl sites for hydroxylation is 3. The van der Waals surface area contributed by atoms with Crippen molar-refractivity contribution < 1.29 is 19.0 Å². The molecule has 1 aromatic heterocycles. The molecule has 1 atom stereocenters. The number of carboxylic acids is 1. The van der Waals surface area contributed by atoms with Crippen LogP contribution in [0.3, 0.4) is 0 Å². The van der Waals surface area contributed by atoms with Gasteiger partial charge in [0.2, 0.25) is 0 Å². The summed E-state index contributed by atoms with van der Waals surface area (Å²) < 4.78 is 19.0. The number of nitrogens with one attached hydrogen (secondary N) is 1. The first kappa shape index (κ1) is 23.3. The lowest BCUT2D eigenvalue weighted by atomic mass is 10.1. The van der Waals surface area contributed by atoms with Gasteiger partial charge in [-0.15, -0.1) is 11.3 Å². The van der Waals surface area contributed by atoms with Gasteiger partial charge in [-0.2, -0.15) is 0 Å². The second-order valence-electron chi connectivity index (χ2n) is 7.59. The molecule has 0 saturated carbocycles. The van der Waals surface area contributed by atoms with Crippen molar-refractivity contribution >= 4 is 35.8 Å². The molecule has 0 radical (unpaired) electrons. The van der Waals surface area contributed by atoms with Gasteiger partial charge in [-0.1, -0.05) is 55.3 Å². The summed E-state index contributed by atoms with van der Waals surface area (Å²) in [5, 5.41) is 13.2. The number of anilines is 1. The number of hydrogen-bond donors (Lipinski definition) is 2. The quantitative estimate of drug-likeness (QED) is 0.352. The van der Waals surface area contributed by atoms with E-state index in [-0.39, 0.29) is 4.88 Å². The lowest BCUT2D eigenvalue weighted by molar-refractivity contribution is 0.0703. The monoisotopic (exact) mass is 457 g/mol. The molecule has 1 unspecified atom stereocenters. The predicted octanol–water partition coefficient (Wildman–Crippen LogP) is 6.65. The fourth-order valence-electron chi connectivity index (χ4n) is 3.49. The van der Waals surface area contributed by atoms with Crippen molar-refractivity contribution in [3.05, 3.63) is 70.1 Å². The third-order valence-corrected chi connectivity index (χ3v) is 8.54. The van der Waals surface area contributed by atoms with Crippen LogP contribution < -0.4 is 10.4 Å². The number of benzene rings is 2. The van der Waals surface area contributed by atoms with Crippen LogP contribution in [-0.2, 0) is 15.5 Å². The van der Waals surface area contributed by atoms with E-state index in [1.165, 1.54) is 12.7 Å². The number of thiophene rings is 1. The Balaban J connectivity index is 1.96. The summed E-state index contributed by atoms with van der Waals surface area (Å²) in [6.45, 7) is 5.99. The van der Waals surface area contributed by atoms with Gasteiger partial charge in [0, 0.05) is 12.0 Å². The summed E-state index contributed by atoms with van der Waals surface area (Å²) in [5.41, 5.74) is 4.37. The highest BCUT2D eigenvalue weighted by molar-refractivity contribution is 7.68. The maximum absolute atomic E-state index is 13.6. The summed E-state index contributed by atoms with van der Waals surface area (Å²) in [7, 11) is -2.13. The highest BCUT2D eigenvalue weighted by Gasteiger charge is 2.30. The molecular formula is C24H28NO4PS. The summed E-state index contributed by atoms with van der Waals surface area (Å²) in [4.78, 5) is 12.8. The molecular weight excluding hydrogens is 429 g/mol. The third kappa shape index (κ3) is 5.27. The Morgan fingerprint density at radius 2 is 1.84 bits per heavy atom. The Hall–Kier alpha value is -2.40. The van der Waals surface area contributed by atoms with Crippen LogP contribution in [0.2, 0.25) is 0 Å². The van der Waals surface area contributed by atoms with E-state index in [0.29, 0.717) is 11.0 Å². The van der Waals surface area contributed by atoms with Crippen LogP contribution in [0.25, 0.3) is 10.4 Å². The number of aromatic carboxylic acids is 1. The van der Waals surface area contributed by atoms with Gasteiger partial charge in [-0.05, 0) is 55.5 Å². The normalized spacial score (nSPS) is 13.0. The maximum Gasteiger partial charge on any atom is 0.348 e. The van der Waals surface area contributed by atoms with Crippen molar-refractivity contribution in [3.63, 3.8) is 0 Å². The molecule has 0 amide bonds. The smallest absolute Gasteiger partial charge is 0.348 e. The van der Waals surface area contributed by atoms with Crippen molar-refractivity contribution in [2.75, 3.05) is 12.2 Å². The van der Waals surface area contributed by atoms with Crippen molar-refractivity contribution in [2.45, 2.75) is 40.0 Å². The second-order valence-corrected chi connectivity index (χ2v) is 10.8. The second kappa shape index (κ2) is 9.82. The highest BCUT2D eigenvalue weighted by Crippen LogP contribution is 2.48. The molecule has 5 nitrogen and oxygen atoms in total. The van der Waals surface area contributed by atoms with Gasteiger partial charge in [-0.25, -0.2) is 4.79 Å². The molecule has 7 heteroatoms. The molecule has 0 fully saturated rings. The van der Waals surface area contributed by atoms with Crippen molar-refractivity contribution in [2.24, 2.45) is 0 Å². The largest absolute Gasteiger partial charge is 0.477 e. The van der Waals surface area contributed by atoms with Crippen LogP contribution in [0, 0.1) is 13.8 Å². The molecule has 164 valence electrons. The minimum atomic E-state index is -3.50. The minimum absolute atomic E-state index is 0.104. The summed E-state index contributed by atoms with van der Waals surface area (Å²) in [6.07, 6.45) is 3.31. The number of carboxylic acid groups (broad SMARTS) is 1. The number of hydrogen-bond acceptors (Lipinski definition) is 4. The summed E-state index contributed by atoms with van der Waals surface area (Å²) >= 11 is 1.16. The highest BCUT2D eigenvalue weighted by atomic mass is 32.1. The molecule has 3 aromatic rings. The van der Waals surface area contributed by atoms with Crippen LogP contribution in [0.5, 0.6) is 0 Å². The Morgan fingerprint density at radius 3 is 2.42 bits per heavy atom. The number of unbranched alkanes of at least 4 members (excludes halogenated alkanes) is 1. The molecule has 0 aliphatic rings. The zero-order chi connectivity index (χ0) is 22.6. The van der Waals surface area contributed by atoms with E-state index < -0.39 is 13.5 Å². The molecule has 0 saturated heterocycles. The predicted molar refractivity (Wildman–Crippen MR) is 129 cm³/mol. The molecule has 2 N–H and O–H groups in total. The van der Waals surface area contributed by atoms with E-state index >= 15 is 0 Å². The van der Waals surface area contributed by atoms with Crippen molar-refractivity contribution in [3.8, 4) is 10.4 Å². The first-order chi connectivity index (χ1) is 14.8. The Kier molecular flexibility index (Phi) is 7.37. The van der Waals surface area contributed by atoms with Gasteiger partial charge in [0.05, 0.1) is 11.0 Å². The summed E-state index contributed by atoms with van der Waals surface area (Å²) in [5.74, 6) is -1.07. The molecule has 0 bridgehead atoms. The van der Waals surface area contributed by atoms with Gasteiger partial charge in [-0.3, -0.25) is 4.57 Å². The fraction of sp³-hybridized carbons (Fsp3) is 0.292. The van der Waals surface area contributed by atoms with Crippen molar-refractivity contribution in [1.29, 1.82) is 0 Å². The van der Waals surface area contributed by atoms with Crippen molar-refractivity contribution in [1.82, 2.24) is 0 Å². The Bertz CT molecular complexity index is 1120. The van der Waals surface area contributed by atoms with Crippen LogP contribution in [0.1, 0.15) is 46.1 Å². The van der Waals surface area contributed by atoms with E-state index in [2.05, 4.69) is 24.1 Å². The number of carbonyl (C=O) groups is 1. The van der Waals surface area contributed by atoms with E-state index in [1.807, 2.05) is 38.1 Å². The average molecular weight is 458 g/mol. The van der Waals surface area contributed by atoms with Crippen LogP contribution >= 0.6 is 18.9 Å². The fourth-order valence-corrected chi connectivity index (χ4v) is 6.23. The van der Waals surface area contributed by atoms with Gasteiger partial charge in [0.25, 0.3) is 0 Å². The molecule has 2 aromatic carbocycles. The Labute approximate surface area is 187 Å². The SMILES string of the molecule is CCCCc1ccc(-c2cc(NP(=O)(OC)c3ccc(C)cc3C)c(C(=O)O)s2)cc1. The zero-order valence-electron chi connectivity index (χ0n) is 18.3. The van der Waals surface area contributed by atoms with E-state index in [4.69, 9.17) is 4.52 Å². The van der Waals surface area contributed by atoms with Crippen LogP contribution in [-0.4, -0.2) is 18.2 Å². The minimum Gasteiger partial charge on any atom is -0.477 e. The topological polar surface area (TPSA) is 75.6 Å². The molecule has 31 heavy (non-hydrogen) atoms. The van der Waals surface area contributed by atoms with Gasteiger partial charge in [0.15, 0.2) is 0 Å². The zero-order valence-corrected chi connectivity index (χ0v) is 20.0. The van der Waals surface area contributed by atoms with E-state index in [0.717, 1.165) is 52.2 Å². The molecule has 0 aliphatic carbocycles. The van der Waals surface area contributed by atoms with Gasteiger partial charge in [0.1, 0.15) is 4.88 Å². The van der Waals surface area contributed by atoms with E-state index in [9.17, 15) is 14.5 Å². The lowest BCUT2D eigenvalue weighted by Crippen LogP contribution is -2.17. The average Bonchev–Trinajstić information content (AvgIpc) is 3.16. The first-order valence-electron chi connectivity index (χ1n) is 10.3. The maximum atomic E-state index is 13.6. The molecule has 0 spiro atoms. The van der Waals surface area contributed by atoms with Gasteiger partial charge < -0.3 is 14.7 Å². The summed E-state index contributed by atoms with van der Waals surface area (Å²) in [6, 6.07) is 15.5. The lowest BCUT2D eigenvalue weighted by Gasteiger charge is -2.20. The van der Waals surface area contributed by atoms with E-state index in [1.54, 1.807) is 12.1 Å². The number of rotatable bonds is 9. The molecule has 0 aliphatic heterocycles. The molecule has 3 rings (SSSR count). The van der Waals surface area contributed by atoms with Crippen LogP contribution in [0.15, 0.2) is 48.5 Å². The third-order valence-electron chi connectivity index (χ3n) is 5.18. The Morgan fingerprint density at radius 1 is 1.13 bits per heavy atom. The molecule has 1 heterocycles. The van der Waals surface area contributed by atoms with Crippen LogP contribution in [0.4, 0.5) is 5.69 Å². The standard InChI is InChI=1S/C24H28NO4PS/c1-5-6-7-18-9-11-19(12-10-18)22-15-20(23(31-22)24(26)27)25-30(28,29-4)21-13-8-16(2)14-17(21)3/h8-15H,5-7H2,1-4H3,(H,25,28)(H,26,27).